The van der Waals surface area contributed by atoms with Gasteiger partial charge in [0, 0.05) is 18.5 Å². The van der Waals surface area contributed by atoms with Crippen LogP contribution < -0.4 is 0 Å². The Kier molecular flexibility index (Phi) is 3.89. The first kappa shape index (κ1) is 13.2. The minimum Gasteiger partial charge on any atom is -0.370 e. The summed E-state index contributed by atoms with van der Waals surface area (Å²) in [5.74, 6) is 1.53. The minimum absolute atomic E-state index is 0.284. The van der Waals surface area contributed by atoms with Crippen molar-refractivity contribution < 1.29 is 4.74 Å². The van der Waals surface area contributed by atoms with Gasteiger partial charge in [-0.05, 0) is 44.6 Å². The van der Waals surface area contributed by atoms with E-state index < -0.39 is 0 Å². The van der Waals surface area contributed by atoms with Crippen LogP contribution in [0.15, 0.2) is 0 Å². The molecule has 104 valence electrons. The van der Waals surface area contributed by atoms with E-state index in [9.17, 15) is 0 Å². The summed E-state index contributed by atoms with van der Waals surface area (Å²) in [6, 6.07) is 0.579. The van der Waals surface area contributed by atoms with E-state index in [1.54, 1.807) is 0 Å². The molecule has 3 aliphatic rings. The summed E-state index contributed by atoms with van der Waals surface area (Å²) >= 11 is 6.12. The fraction of sp³-hybridized carbons (Fsp3) is 1.00. The van der Waals surface area contributed by atoms with Gasteiger partial charge in [0.15, 0.2) is 0 Å². The van der Waals surface area contributed by atoms with E-state index in [0.717, 1.165) is 18.3 Å². The van der Waals surface area contributed by atoms with E-state index in [0.29, 0.717) is 12.1 Å². The number of nitrogens with zero attached hydrogens (tertiary/aromatic N) is 1. The Morgan fingerprint density at radius 2 is 2.00 bits per heavy atom. The second-order valence-corrected chi connectivity index (χ2v) is 6.96. The van der Waals surface area contributed by atoms with Gasteiger partial charge in [0.1, 0.15) is 0 Å². The van der Waals surface area contributed by atoms with Crippen LogP contribution in [0.5, 0.6) is 0 Å². The normalized spacial score (nSPS) is 40.0. The quantitative estimate of drug-likeness (QED) is 0.730. The molecule has 3 heteroatoms. The van der Waals surface area contributed by atoms with Crippen molar-refractivity contribution in [2.75, 3.05) is 19.0 Å². The van der Waals surface area contributed by atoms with Crippen molar-refractivity contribution in [2.45, 2.75) is 69.6 Å². The highest BCUT2D eigenvalue weighted by atomic mass is 35.5. The van der Waals surface area contributed by atoms with Crippen molar-refractivity contribution in [1.82, 2.24) is 4.90 Å². The monoisotopic (exact) mass is 271 g/mol. The molecule has 3 rings (SSSR count). The van der Waals surface area contributed by atoms with Crippen molar-refractivity contribution in [3.63, 3.8) is 0 Å². The number of hydrogen-bond acceptors (Lipinski definition) is 2. The molecule has 0 amide bonds. The van der Waals surface area contributed by atoms with Gasteiger partial charge in [-0.2, -0.15) is 0 Å². The molecule has 0 aromatic carbocycles. The van der Waals surface area contributed by atoms with Crippen LogP contribution in [0, 0.1) is 5.92 Å². The standard InChI is InChI=1S/C15H26ClNO/c1-12-5-9-17(14(12)10-16)11-13-4-8-15(18-13)6-2-3-7-15/h12-14H,2-11H2,1H3. The zero-order valence-corrected chi connectivity index (χ0v) is 12.3. The van der Waals surface area contributed by atoms with Gasteiger partial charge in [-0.1, -0.05) is 19.8 Å². The van der Waals surface area contributed by atoms with Crippen LogP contribution in [0.2, 0.25) is 0 Å². The van der Waals surface area contributed by atoms with Crippen molar-refractivity contribution in [2.24, 2.45) is 5.92 Å². The fourth-order valence-corrected chi connectivity index (χ4v) is 4.74. The molecule has 2 saturated heterocycles. The van der Waals surface area contributed by atoms with Gasteiger partial charge in [-0.25, -0.2) is 0 Å². The van der Waals surface area contributed by atoms with Gasteiger partial charge in [0.2, 0.25) is 0 Å². The van der Waals surface area contributed by atoms with Crippen LogP contribution in [0.25, 0.3) is 0 Å². The minimum atomic E-state index is 0.284. The fourth-order valence-electron chi connectivity index (χ4n) is 4.24. The first-order valence-corrected chi connectivity index (χ1v) is 8.24. The maximum atomic E-state index is 6.42. The SMILES string of the molecule is CC1CCN(CC2CCC3(CCCC3)O2)C1CCl. The number of ether oxygens (including phenoxy) is 1. The highest BCUT2D eigenvalue weighted by molar-refractivity contribution is 6.18. The summed E-state index contributed by atoms with van der Waals surface area (Å²) in [5.41, 5.74) is 0.284. The van der Waals surface area contributed by atoms with Gasteiger partial charge in [0.05, 0.1) is 11.7 Å². The topological polar surface area (TPSA) is 12.5 Å². The summed E-state index contributed by atoms with van der Waals surface area (Å²) < 4.78 is 6.42. The molecule has 3 fully saturated rings. The zero-order valence-electron chi connectivity index (χ0n) is 11.5. The Balaban J connectivity index is 1.55. The molecule has 0 bridgehead atoms. The van der Waals surface area contributed by atoms with Crippen LogP contribution in [-0.4, -0.2) is 41.6 Å². The molecule has 3 unspecified atom stereocenters. The molecule has 2 aliphatic heterocycles. The van der Waals surface area contributed by atoms with E-state index in [4.69, 9.17) is 16.3 Å². The summed E-state index contributed by atoms with van der Waals surface area (Å²) in [6.07, 6.45) is 9.69. The molecule has 0 radical (unpaired) electrons. The Hall–Kier alpha value is 0.210. The summed E-state index contributed by atoms with van der Waals surface area (Å²) in [7, 11) is 0. The first-order chi connectivity index (χ1) is 8.72. The van der Waals surface area contributed by atoms with Crippen molar-refractivity contribution in [3.8, 4) is 0 Å². The Bertz CT molecular complexity index is 290. The van der Waals surface area contributed by atoms with Crippen LogP contribution in [0.4, 0.5) is 0 Å². The molecule has 2 heterocycles. The molecule has 0 aromatic rings. The average molecular weight is 272 g/mol. The molecule has 0 aromatic heterocycles. The average Bonchev–Trinajstić information content (AvgIpc) is 3.05. The predicted molar refractivity (Wildman–Crippen MR) is 75.2 cm³/mol. The van der Waals surface area contributed by atoms with Gasteiger partial charge >= 0.3 is 0 Å². The van der Waals surface area contributed by atoms with Crippen LogP contribution >= 0.6 is 11.6 Å². The number of halogens is 1. The van der Waals surface area contributed by atoms with Gasteiger partial charge < -0.3 is 4.74 Å². The molecule has 3 atom stereocenters. The lowest BCUT2D eigenvalue weighted by molar-refractivity contribution is -0.0483. The third kappa shape index (κ3) is 2.44. The summed E-state index contributed by atoms with van der Waals surface area (Å²) in [5, 5.41) is 0. The largest absolute Gasteiger partial charge is 0.370 e. The maximum absolute atomic E-state index is 6.42. The molecule has 18 heavy (non-hydrogen) atoms. The third-order valence-corrected chi connectivity index (χ3v) is 5.76. The highest BCUT2D eigenvalue weighted by Crippen LogP contribution is 2.43. The smallest absolute Gasteiger partial charge is 0.0710 e. The van der Waals surface area contributed by atoms with Crippen molar-refractivity contribution >= 4 is 11.6 Å². The molecule has 2 nitrogen and oxygen atoms in total. The zero-order chi connectivity index (χ0) is 12.6. The number of rotatable bonds is 3. The Morgan fingerprint density at radius 3 is 2.72 bits per heavy atom. The lowest BCUT2D eigenvalue weighted by atomic mass is 9.98. The summed E-state index contributed by atoms with van der Waals surface area (Å²) in [6.45, 7) is 4.66. The van der Waals surface area contributed by atoms with Gasteiger partial charge in [-0.15, -0.1) is 11.6 Å². The summed E-state index contributed by atoms with van der Waals surface area (Å²) in [4.78, 5) is 2.58. The predicted octanol–water partition coefficient (Wildman–Crippen LogP) is 3.43. The maximum Gasteiger partial charge on any atom is 0.0710 e. The molecule has 1 aliphatic carbocycles. The van der Waals surface area contributed by atoms with E-state index >= 15 is 0 Å². The Labute approximate surface area is 116 Å². The second kappa shape index (κ2) is 5.30. The first-order valence-electron chi connectivity index (χ1n) is 7.70. The van der Waals surface area contributed by atoms with E-state index in [-0.39, 0.29) is 5.60 Å². The highest BCUT2D eigenvalue weighted by Gasteiger charge is 2.43. The van der Waals surface area contributed by atoms with E-state index in [2.05, 4.69) is 11.8 Å². The van der Waals surface area contributed by atoms with E-state index in [1.807, 2.05) is 0 Å². The van der Waals surface area contributed by atoms with Crippen LogP contribution in [0.3, 0.4) is 0 Å². The molecular weight excluding hydrogens is 246 g/mol. The lowest BCUT2D eigenvalue weighted by Crippen LogP contribution is -2.40. The molecule has 1 saturated carbocycles. The Morgan fingerprint density at radius 1 is 1.22 bits per heavy atom. The number of alkyl halides is 1. The lowest BCUT2D eigenvalue weighted by Gasteiger charge is -2.29. The van der Waals surface area contributed by atoms with E-state index in [1.165, 1.54) is 51.5 Å². The van der Waals surface area contributed by atoms with Gasteiger partial charge in [-0.3, -0.25) is 4.90 Å². The third-order valence-electron chi connectivity index (χ3n) is 5.45. The number of likely N-dealkylation sites (tertiary alicyclic amines) is 1. The van der Waals surface area contributed by atoms with Gasteiger partial charge in [0.25, 0.3) is 0 Å². The second-order valence-electron chi connectivity index (χ2n) is 6.65. The van der Waals surface area contributed by atoms with Crippen LogP contribution in [0.1, 0.15) is 51.9 Å². The van der Waals surface area contributed by atoms with Crippen molar-refractivity contribution in [1.29, 1.82) is 0 Å². The number of hydrogen-bond donors (Lipinski definition) is 0. The molecule has 1 spiro atoms. The molecular formula is C15H26ClNO. The molecule has 0 N–H and O–H groups in total. The van der Waals surface area contributed by atoms with Crippen LogP contribution in [-0.2, 0) is 4.74 Å². The van der Waals surface area contributed by atoms with Crippen molar-refractivity contribution in [3.05, 3.63) is 0 Å².